The molecule has 2 aromatic carbocycles. The molecule has 0 aliphatic heterocycles. The Balaban J connectivity index is 1.74. The number of carbonyl (C=O) groups excluding carboxylic acids is 1. The Bertz CT molecular complexity index is 1030. The maximum absolute atomic E-state index is 12.5. The van der Waals surface area contributed by atoms with Crippen LogP contribution in [0.5, 0.6) is 0 Å². The van der Waals surface area contributed by atoms with E-state index in [-0.39, 0.29) is 5.78 Å². The lowest BCUT2D eigenvalue weighted by atomic mass is 9.95. The largest absolute Gasteiger partial charge is 0.339 e. The van der Waals surface area contributed by atoms with Gasteiger partial charge in [-0.1, -0.05) is 40.9 Å². The van der Waals surface area contributed by atoms with Gasteiger partial charge in [0.25, 0.3) is 0 Å². The zero-order chi connectivity index (χ0) is 19.7. The number of halogens is 2. The SMILES string of the molecule is Cc1ccc(Nc2nc3c(c(Nc4cc(Cl)cc(Cl)c4)n2)C(=O)CCC3)cc1. The third-order valence-electron chi connectivity index (χ3n) is 4.51. The number of ketones is 1. The number of aromatic nitrogens is 2. The summed E-state index contributed by atoms with van der Waals surface area (Å²) in [5.41, 5.74) is 4.00. The Kier molecular flexibility index (Phi) is 5.20. The number of aryl methyl sites for hydroxylation is 2. The van der Waals surface area contributed by atoms with Gasteiger partial charge in [-0.05, 0) is 50.1 Å². The van der Waals surface area contributed by atoms with Crippen LogP contribution in [0.15, 0.2) is 42.5 Å². The molecule has 0 radical (unpaired) electrons. The molecule has 1 aromatic heterocycles. The normalized spacial score (nSPS) is 13.2. The summed E-state index contributed by atoms with van der Waals surface area (Å²) in [4.78, 5) is 21.7. The Hall–Kier alpha value is -2.63. The number of rotatable bonds is 4. The molecule has 7 heteroatoms. The minimum atomic E-state index is 0.0405. The second-order valence-corrected chi connectivity index (χ2v) is 7.64. The fourth-order valence-electron chi connectivity index (χ4n) is 3.20. The first-order chi connectivity index (χ1) is 13.5. The van der Waals surface area contributed by atoms with Gasteiger partial charge in [0, 0.05) is 27.8 Å². The van der Waals surface area contributed by atoms with Gasteiger partial charge in [-0.3, -0.25) is 4.79 Å². The maximum Gasteiger partial charge on any atom is 0.229 e. The molecular formula is C21H18Cl2N4O. The van der Waals surface area contributed by atoms with Crippen LogP contribution in [0, 0.1) is 6.92 Å². The predicted molar refractivity (Wildman–Crippen MR) is 114 cm³/mol. The van der Waals surface area contributed by atoms with Gasteiger partial charge in [0.1, 0.15) is 5.82 Å². The van der Waals surface area contributed by atoms with E-state index in [9.17, 15) is 4.79 Å². The van der Waals surface area contributed by atoms with Gasteiger partial charge in [-0.15, -0.1) is 0 Å². The molecule has 2 N–H and O–H groups in total. The molecule has 0 atom stereocenters. The minimum Gasteiger partial charge on any atom is -0.339 e. The first-order valence-electron chi connectivity index (χ1n) is 8.99. The van der Waals surface area contributed by atoms with Crippen LogP contribution in [0.2, 0.25) is 10.0 Å². The lowest BCUT2D eigenvalue weighted by Gasteiger charge is -2.19. The highest BCUT2D eigenvalue weighted by Gasteiger charge is 2.25. The molecule has 5 nitrogen and oxygen atoms in total. The van der Waals surface area contributed by atoms with Crippen LogP contribution in [0.25, 0.3) is 0 Å². The van der Waals surface area contributed by atoms with Gasteiger partial charge < -0.3 is 10.6 Å². The van der Waals surface area contributed by atoms with Crippen LogP contribution in [-0.4, -0.2) is 15.8 Å². The van der Waals surface area contributed by atoms with Gasteiger partial charge in [0.05, 0.1) is 11.3 Å². The van der Waals surface area contributed by atoms with E-state index in [1.54, 1.807) is 18.2 Å². The maximum atomic E-state index is 12.5. The summed E-state index contributed by atoms with van der Waals surface area (Å²) >= 11 is 12.2. The van der Waals surface area contributed by atoms with Crippen molar-refractivity contribution in [3.05, 3.63) is 69.3 Å². The first kappa shape index (κ1) is 18.7. The highest BCUT2D eigenvalue weighted by molar-refractivity contribution is 6.35. The van der Waals surface area contributed by atoms with Gasteiger partial charge in [-0.2, -0.15) is 4.98 Å². The molecule has 0 spiro atoms. The molecule has 28 heavy (non-hydrogen) atoms. The molecule has 0 bridgehead atoms. The van der Waals surface area contributed by atoms with Gasteiger partial charge in [0.2, 0.25) is 5.95 Å². The molecule has 4 rings (SSSR count). The monoisotopic (exact) mass is 412 g/mol. The quantitative estimate of drug-likeness (QED) is 0.541. The minimum absolute atomic E-state index is 0.0405. The van der Waals surface area contributed by atoms with Gasteiger partial charge in [0.15, 0.2) is 5.78 Å². The molecule has 142 valence electrons. The van der Waals surface area contributed by atoms with E-state index < -0.39 is 0 Å². The van der Waals surface area contributed by atoms with Crippen molar-refractivity contribution in [1.29, 1.82) is 0 Å². The summed E-state index contributed by atoms with van der Waals surface area (Å²) in [6, 6.07) is 13.1. The van der Waals surface area contributed by atoms with E-state index in [4.69, 9.17) is 23.2 Å². The summed E-state index contributed by atoms with van der Waals surface area (Å²) in [6.07, 6.45) is 2.01. The van der Waals surface area contributed by atoms with Crippen LogP contribution >= 0.6 is 23.2 Å². The lowest BCUT2D eigenvalue weighted by Crippen LogP contribution is -2.17. The second kappa shape index (κ2) is 7.78. The van der Waals surface area contributed by atoms with Crippen molar-refractivity contribution in [1.82, 2.24) is 9.97 Å². The summed E-state index contributed by atoms with van der Waals surface area (Å²) < 4.78 is 0. The van der Waals surface area contributed by atoms with Crippen LogP contribution in [0.3, 0.4) is 0 Å². The summed E-state index contributed by atoms with van der Waals surface area (Å²) in [7, 11) is 0. The topological polar surface area (TPSA) is 66.9 Å². The number of nitrogens with one attached hydrogen (secondary N) is 2. The molecule has 3 aromatic rings. The van der Waals surface area contributed by atoms with Crippen molar-refractivity contribution in [2.24, 2.45) is 0 Å². The summed E-state index contributed by atoms with van der Waals surface area (Å²) in [5, 5.41) is 7.42. The summed E-state index contributed by atoms with van der Waals surface area (Å²) in [5.74, 6) is 0.939. The van der Waals surface area contributed by atoms with Gasteiger partial charge in [-0.25, -0.2) is 4.98 Å². The Morgan fingerprint density at radius 1 is 0.893 bits per heavy atom. The molecule has 0 saturated carbocycles. The third kappa shape index (κ3) is 4.11. The lowest BCUT2D eigenvalue weighted by molar-refractivity contribution is 0.0972. The molecule has 0 saturated heterocycles. The van der Waals surface area contributed by atoms with E-state index in [1.165, 1.54) is 5.56 Å². The number of anilines is 4. The molecule has 0 amide bonds. The molecule has 1 aliphatic carbocycles. The van der Waals surface area contributed by atoms with Crippen LogP contribution in [0.1, 0.15) is 34.5 Å². The van der Waals surface area contributed by atoms with E-state index >= 15 is 0 Å². The van der Waals surface area contributed by atoms with Crippen molar-refractivity contribution < 1.29 is 4.79 Å². The van der Waals surface area contributed by atoms with E-state index in [1.807, 2.05) is 31.2 Å². The standard InChI is InChI=1S/C21H18Cl2N4O/c1-12-5-7-15(8-6-12)25-21-26-17-3-2-4-18(28)19(17)20(27-21)24-16-10-13(22)9-14(23)11-16/h5-11H,2-4H2,1H3,(H2,24,25,26,27). The van der Waals surface area contributed by atoms with Crippen molar-refractivity contribution in [3.8, 4) is 0 Å². The predicted octanol–water partition coefficient (Wildman–Crippen LogP) is 6.10. The van der Waals surface area contributed by atoms with E-state index in [0.717, 1.165) is 24.2 Å². The number of benzene rings is 2. The van der Waals surface area contributed by atoms with Crippen LogP contribution in [-0.2, 0) is 6.42 Å². The van der Waals surface area contributed by atoms with Crippen molar-refractivity contribution in [3.63, 3.8) is 0 Å². The Morgan fingerprint density at radius 3 is 2.32 bits per heavy atom. The smallest absolute Gasteiger partial charge is 0.229 e. The van der Waals surface area contributed by atoms with Crippen molar-refractivity contribution >= 4 is 52.1 Å². The number of Topliss-reactive ketones (excluding diaryl/α,β-unsaturated/α-hetero) is 1. The number of fused-ring (bicyclic) bond motifs is 1. The fraction of sp³-hybridized carbons (Fsp3) is 0.190. The Labute approximate surface area is 173 Å². The zero-order valence-corrected chi connectivity index (χ0v) is 16.7. The molecule has 1 aliphatic rings. The summed E-state index contributed by atoms with van der Waals surface area (Å²) in [6.45, 7) is 2.03. The second-order valence-electron chi connectivity index (χ2n) is 6.77. The van der Waals surface area contributed by atoms with E-state index in [2.05, 4.69) is 20.6 Å². The van der Waals surface area contributed by atoms with E-state index in [0.29, 0.717) is 39.5 Å². The van der Waals surface area contributed by atoms with Crippen molar-refractivity contribution in [2.45, 2.75) is 26.2 Å². The number of nitrogens with zero attached hydrogens (tertiary/aromatic N) is 2. The molecule has 0 unspecified atom stereocenters. The molecule has 1 heterocycles. The van der Waals surface area contributed by atoms with Crippen molar-refractivity contribution in [2.75, 3.05) is 10.6 Å². The highest BCUT2D eigenvalue weighted by atomic mass is 35.5. The Morgan fingerprint density at radius 2 is 1.61 bits per heavy atom. The average Bonchev–Trinajstić information content (AvgIpc) is 2.63. The fourth-order valence-corrected chi connectivity index (χ4v) is 3.72. The number of hydrogen-bond donors (Lipinski definition) is 2. The number of hydrogen-bond acceptors (Lipinski definition) is 5. The molecule has 0 fully saturated rings. The molecular weight excluding hydrogens is 395 g/mol. The zero-order valence-electron chi connectivity index (χ0n) is 15.2. The average molecular weight is 413 g/mol. The van der Waals surface area contributed by atoms with Crippen LogP contribution < -0.4 is 10.6 Å². The highest BCUT2D eigenvalue weighted by Crippen LogP contribution is 2.31. The van der Waals surface area contributed by atoms with Crippen LogP contribution in [0.4, 0.5) is 23.1 Å². The van der Waals surface area contributed by atoms with Gasteiger partial charge >= 0.3 is 0 Å². The number of carbonyl (C=O) groups is 1. The first-order valence-corrected chi connectivity index (χ1v) is 9.74. The third-order valence-corrected chi connectivity index (χ3v) is 4.95.